The minimum atomic E-state index is -0.155. The van der Waals surface area contributed by atoms with Gasteiger partial charge in [0.2, 0.25) is 5.91 Å². The summed E-state index contributed by atoms with van der Waals surface area (Å²) in [5, 5.41) is 4.53. The van der Waals surface area contributed by atoms with E-state index in [0.29, 0.717) is 40.2 Å². The van der Waals surface area contributed by atoms with Crippen molar-refractivity contribution >= 4 is 40.2 Å². The molecule has 8 heteroatoms. The number of methoxy groups -OCH3 is 1. The lowest BCUT2D eigenvalue weighted by atomic mass is 10.2. The Labute approximate surface area is 161 Å². The van der Waals surface area contributed by atoms with Gasteiger partial charge in [-0.15, -0.1) is 0 Å². The molecule has 1 aromatic carbocycles. The van der Waals surface area contributed by atoms with E-state index in [4.69, 9.17) is 16.3 Å². The third-order valence-electron chi connectivity index (χ3n) is 4.45. The van der Waals surface area contributed by atoms with Crippen LogP contribution in [0.25, 0.3) is 10.9 Å². The fourth-order valence-corrected chi connectivity index (χ4v) is 3.81. The first-order valence-corrected chi connectivity index (χ1v) is 9.97. The lowest BCUT2D eigenvalue weighted by Crippen LogP contribution is -2.35. The highest BCUT2D eigenvalue weighted by Gasteiger charge is 2.28. The van der Waals surface area contributed by atoms with E-state index in [-0.39, 0.29) is 23.3 Å². The fourth-order valence-electron chi connectivity index (χ4n) is 2.80. The van der Waals surface area contributed by atoms with Crippen LogP contribution in [0.2, 0.25) is 5.02 Å². The molecule has 3 rings (SSSR count). The summed E-state index contributed by atoms with van der Waals surface area (Å²) < 4.78 is 6.66. The second kappa shape index (κ2) is 8.41. The van der Waals surface area contributed by atoms with Crippen molar-refractivity contribution in [3.05, 3.63) is 33.6 Å². The van der Waals surface area contributed by atoms with Crippen LogP contribution in [0, 0.1) is 5.92 Å². The molecule has 1 saturated carbocycles. The monoisotopic (exact) mass is 395 g/mol. The Morgan fingerprint density at radius 2 is 2.27 bits per heavy atom. The van der Waals surface area contributed by atoms with Crippen molar-refractivity contribution in [1.29, 1.82) is 0 Å². The van der Waals surface area contributed by atoms with Gasteiger partial charge in [-0.1, -0.05) is 23.4 Å². The highest BCUT2D eigenvalue weighted by molar-refractivity contribution is 7.99. The van der Waals surface area contributed by atoms with Crippen LogP contribution in [0.4, 0.5) is 0 Å². The summed E-state index contributed by atoms with van der Waals surface area (Å²) in [6, 6.07) is 5.21. The topological polar surface area (TPSA) is 73.2 Å². The quantitative estimate of drug-likeness (QED) is 0.549. The van der Waals surface area contributed by atoms with Gasteiger partial charge in [-0.3, -0.25) is 14.2 Å². The van der Waals surface area contributed by atoms with Crippen molar-refractivity contribution in [2.75, 3.05) is 19.5 Å². The van der Waals surface area contributed by atoms with Gasteiger partial charge in [-0.25, -0.2) is 4.98 Å². The molecule has 0 saturated heterocycles. The maximum Gasteiger partial charge on any atom is 0.262 e. The zero-order valence-corrected chi connectivity index (χ0v) is 16.4. The molecular formula is C18H22ClN3O3S. The normalized spacial score (nSPS) is 15.2. The Morgan fingerprint density at radius 3 is 2.96 bits per heavy atom. The van der Waals surface area contributed by atoms with Crippen LogP contribution in [0.1, 0.15) is 19.8 Å². The summed E-state index contributed by atoms with van der Waals surface area (Å²) >= 11 is 7.28. The molecule has 1 aromatic heterocycles. The van der Waals surface area contributed by atoms with Gasteiger partial charge in [-0.05, 0) is 43.9 Å². The molecule has 1 unspecified atom stereocenters. The van der Waals surface area contributed by atoms with Gasteiger partial charge in [-0.2, -0.15) is 0 Å². The van der Waals surface area contributed by atoms with Crippen molar-refractivity contribution in [1.82, 2.24) is 14.9 Å². The second-order valence-corrected chi connectivity index (χ2v) is 7.87. The van der Waals surface area contributed by atoms with Gasteiger partial charge in [0, 0.05) is 18.2 Å². The molecule has 1 atom stereocenters. The number of carbonyl (C=O) groups excluding carboxylic acids is 1. The maximum atomic E-state index is 12.8. The van der Waals surface area contributed by atoms with E-state index < -0.39 is 0 Å². The lowest BCUT2D eigenvalue weighted by molar-refractivity contribution is -0.119. The number of thioether (sulfide) groups is 1. The molecule has 1 aliphatic rings. The Bertz CT molecular complexity index is 867. The molecule has 0 bridgehead atoms. The van der Waals surface area contributed by atoms with Crippen LogP contribution in [-0.2, 0) is 16.1 Å². The molecule has 1 heterocycles. The van der Waals surface area contributed by atoms with Gasteiger partial charge in [0.05, 0.1) is 29.8 Å². The van der Waals surface area contributed by atoms with E-state index >= 15 is 0 Å². The largest absolute Gasteiger partial charge is 0.383 e. The summed E-state index contributed by atoms with van der Waals surface area (Å²) in [4.78, 5) is 29.5. The van der Waals surface area contributed by atoms with E-state index in [9.17, 15) is 9.59 Å². The van der Waals surface area contributed by atoms with Gasteiger partial charge >= 0.3 is 0 Å². The number of aromatic nitrogens is 2. The van der Waals surface area contributed by atoms with E-state index in [1.165, 1.54) is 24.6 Å². The molecule has 1 fully saturated rings. The number of rotatable bonds is 8. The number of hydrogen-bond donors (Lipinski definition) is 1. The van der Waals surface area contributed by atoms with Gasteiger partial charge in [0.15, 0.2) is 5.16 Å². The van der Waals surface area contributed by atoms with E-state index in [1.54, 1.807) is 29.9 Å². The predicted molar refractivity (Wildman–Crippen MR) is 104 cm³/mol. The van der Waals surface area contributed by atoms with Crippen LogP contribution in [-0.4, -0.2) is 41.0 Å². The third kappa shape index (κ3) is 4.58. The highest BCUT2D eigenvalue weighted by Crippen LogP contribution is 2.32. The SMILES string of the molecule is COCCn1c(SCC(=O)NC(C)C2CC2)nc2cc(Cl)ccc2c1=O. The van der Waals surface area contributed by atoms with Crippen LogP contribution in [0.5, 0.6) is 0 Å². The van der Waals surface area contributed by atoms with Gasteiger partial charge in [0.1, 0.15) is 0 Å². The first kappa shape index (κ1) is 19.2. The van der Waals surface area contributed by atoms with E-state index in [0.717, 1.165) is 0 Å². The van der Waals surface area contributed by atoms with Crippen LogP contribution in [0.15, 0.2) is 28.2 Å². The van der Waals surface area contributed by atoms with Crippen LogP contribution >= 0.6 is 23.4 Å². The zero-order valence-electron chi connectivity index (χ0n) is 14.8. The number of nitrogens with one attached hydrogen (secondary N) is 1. The first-order chi connectivity index (χ1) is 12.5. The first-order valence-electron chi connectivity index (χ1n) is 8.61. The number of carbonyl (C=O) groups is 1. The molecule has 6 nitrogen and oxygen atoms in total. The number of benzene rings is 1. The van der Waals surface area contributed by atoms with Crippen molar-refractivity contribution in [3.63, 3.8) is 0 Å². The van der Waals surface area contributed by atoms with Crippen molar-refractivity contribution in [3.8, 4) is 0 Å². The lowest BCUT2D eigenvalue weighted by Gasteiger charge is -2.14. The van der Waals surface area contributed by atoms with Crippen LogP contribution < -0.4 is 10.9 Å². The molecule has 0 aliphatic heterocycles. The Morgan fingerprint density at radius 1 is 1.50 bits per heavy atom. The van der Waals surface area contributed by atoms with Gasteiger partial charge < -0.3 is 10.1 Å². The minimum absolute atomic E-state index is 0.0480. The average Bonchev–Trinajstić information content (AvgIpc) is 3.44. The standard InChI is InChI=1S/C18H22ClN3O3S/c1-11(12-3-4-12)20-16(23)10-26-18-21-15-9-13(19)5-6-14(15)17(24)22(18)7-8-25-2/h5-6,9,11-12H,3-4,7-8,10H2,1-2H3,(H,20,23). The smallest absolute Gasteiger partial charge is 0.262 e. The van der Waals surface area contributed by atoms with Crippen LogP contribution in [0.3, 0.4) is 0 Å². The fraction of sp³-hybridized carbons (Fsp3) is 0.500. The summed E-state index contributed by atoms with van der Waals surface area (Å²) in [6.45, 7) is 2.80. The van der Waals surface area contributed by atoms with E-state index in [2.05, 4.69) is 10.3 Å². The summed E-state index contributed by atoms with van der Waals surface area (Å²) in [5.41, 5.74) is 0.378. The van der Waals surface area contributed by atoms with E-state index in [1.807, 2.05) is 6.92 Å². The molecule has 140 valence electrons. The summed E-state index contributed by atoms with van der Waals surface area (Å²) in [6.07, 6.45) is 2.36. The molecule has 1 N–H and O–H groups in total. The molecule has 1 amide bonds. The Kier molecular flexibility index (Phi) is 6.21. The Balaban J connectivity index is 1.82. The number of amides is 1. The number of halogens is 1. The molecule has 0 spiro atoms. The molecular weight excluding hydrogens is 374 g/mol. The molecule has 2 aromatic rings. The maximum absolute atomic E-state index is 12.8. The number of ether oxygens (including phenoxy) is 1. The predicted octanol–water partition coefficient (Wildman–Crippen LogP) is 2.70. The zero-order chi connectivity index (χ0) is 18.7. The molecule has 0 radical (unpaired) electrons. The Hall–Kier alpha value is -1.57. The molecule has 1 aliphatic carbocycles. The average molecular weight is 396 g/mol. The highest BCUT2D eigenvalue weighted by atomic mass is 35.5. The molecule has 26 heavy (non-hydrogen) atoms. The third-order valence-corrected chi connectivity index (χ3v) is 5.66. The summed E-state index contributed by atoms with van der Waals surface area (Å²) in [5.74, 6) is 0.764. The van der Waals surface area contributed by atoms with Gasteiger partial charge in [0.25, 0.3) is 5.56 Å². The number of fused-ring (bicyclic) bond motifs is 1. The van der Waals surface area contributed by atoms with Crippen molar-refractivity contribution in [2.45, 2.75) is 37.5 Å². The number of nitrogens with zero attached hydrogens (tertiary/aromatic N) is 2. The summed E-state index contributed by atoms with van der Waals surface area (Å²) in [7, 11) is 1.58. The minimum Gasteiger partial charge on any atom is -0.383 e. The van der Waals surface area contributed by atoms with Crippen molar-refractivity contribution in [2.24, 2.45) is 5.92 Å². The number of hydrogen-bond acceptors (Lipinski definition) is 5. The second-order valence-electron chi connectivity index (χ2n) is 6.49. The van der Waals surface area contributed by atoms with Crippen molar-refractivity contribution < 1.29 is 9.53 Å².